The predicted octanol–water partition coefficient (Wildman–Crippen LogP) is 2.30. The summed E-state index contributed by atoms with van der Waals surface area (Å²) >= 11 is 1.24. The van der Waals surface area contributed by atoms with E-state index in [-0.39, 0.29) is 11.7 Å². The number of phenolic OH excluding ortho intramolecular Hbond substituents is 1. The second-order valence-corrected chi connectivity index (χ2v) is 4.58. The van der Waals surface area contributed by atoms with E-state index in [9.17, 15) is 4.79 Å². The number of phenols is 1. The minimum Gasteiger partial charge on any atom is -0.508 e. The van der Waals surface area contributed by atoms with Gasteiger partial charge in [-0.1, -0.05) is 5.16 Å². The summed E-state index contributed by atoms with van der Waals surface area (Å²) in [7, 11) is 0. The molecule has 0 radical (unpaired) electrons. The highest BCUT2D eigenvalue weighted by atomic mass is 32.1. The van der Waals surface area contributed by atoms with E-state index in [1.165, 1.54) is 35.6 Å². The van der Waals surface area contributed by atoms with Crippen molar-refractivity contribution >= 4 is 28.1 Å². The lowest BCUT2D eigenvalue weighted by atomic mass is 10.2. The topological polar surface area (TPSA) is 94.8 Å². The van der Waals surface area contributed by atoms with Crippen LogP contribution >= 0.6 is 11.3 Å². The quantitative estimate of drug-likeness (QED) is 0.456. The van der Waals surface area contributed by atoms with Crippen molar-refractivity contribution in [3.8, 4) is 5.75 Å². The third kappa shape index (κ3) is 3.08. The van der Waals surface area contributed by atoms with Crippen molar-refractivity contribution in [2.24, 2.45) is 5.16 Å². The highest BCUT2D eigenvalue weighted by Crippen LogP contribution is 2.18. The third-order valence-corrected chi connectivity index (χ3v) is 3.13. The van der Waals surface area contributed by atoms with Crippen LogP contribution in [0.5, 0.6) is 5.75 Å². The Bertz CT molecular complexity index is 619. The van der Waals surface area contributed by atoms with Gasteiger partial charge in [0.2, 0.25) is 0 Å². The molecule has 0 aliphatic heterocycles. The maximum atomic E-state index is 11.9. The van der Waals surface area contributed by atoms with Gasteiger partial charge in [-0.15, -0.1) is 11.3 Å². The molecule has 0 fully saturated rings. The van der Waals surface area contributed by atoms with E-state index in [0.717, 1.165) is 0 Å². The summed E-state index contributed by atoms with van der Waals surface area (Å²) in [4.78, 5) is 16.0. The van der Waals surface area contributed by atoms with Gasteiger partial charge in [0, 0.05) is 10.9 Å². The van der Waals surface area contributed by atoms with E-state index < -0.39 is 0 Å². The summed E-state index contributed by atoms with van der Waals surface area (Å²) < 4.78 is 0. The number of amides is 1. The van der Waals surface area contributed by atoms with Crippen LogP contribution in [-0.2, 0) is 0 Å². The third-order valence-electron chi connectivity index (χ3n) is 2.37. The Balaban J connectivity index is 2.11. The van der Waals surface area contributed by atoms with Crippen molar-refractivity contribution in [2.75, 3.05) is 5.32 Å². The number of benzene rings is 1. The van der Waals surface area contributed by atoms with E-state index in [1.807, 2.05) is 0 Å². The number of nitrogens with one attached hydrogen (secondary N) is 1. The highest BCUT2D eigenvalue weighted by molar-refractivity contribution is 7.14. The average molecular weight is 277 g/mol. The van der Waals surface area contributed by atoms with E-state index in [0.29, 0.717) is 22.1 Å². The molecular weight excluding hydrogens is 266 g/mol. The second kappa shape index (κ2) is 5.49. The van der Waals surface area contributed by atoms with Gasteiger partial charge in [-0.05, 0) is 31.2 Å². The largest absolute Gasteiger partial charge is 0.508 e. The monoisotopic (exact) mass is 277 g/mol. The zero-order valence-corrected chi connectivity index (χ0v) is 10.8. The number of carbonyl (C=O) groups excluding carboxylic acids is 1. The van der Waals surface area contributed by atoms with Crippen molar-refractivity contribution in [2.45, 2.75) is 6.92 Å². The molecule has 0 atom stereocenters. The van der Waals surface area contributed by atoms with Crippen LogP contribution in [0.2, 0.25) is 0 Å². The Morgan fingerprint density at radius 2 is 2.05 bits per heavy atom. The number of hydrogen-bond acceptors (Lipinski definition) is 6. The molecule has 98 valence electrons. The molecule has 7 heteroatoms. The van der Waals surface area contributed by atoms with Gasteiger partial charge in [0.25, 0.3) is 5.91 Å². The zero-order chi connectivity index (χ0) is 13.8. The predicted molar refractivity (Wildman–Crippen MR) is 72.2 cm³/mol. The number of aromatic hydroxyl groups is 1. The Morgan fingerprint density at radius 1 is 1.37 bits per heavy atom. The highest BCUT2D eigenvalue weighted by Gasteiger charge is 2.10. The van der Waals surface area contributed by atoms with Crippen LogP contribution in [0.1, 0.15) is 23.0 Å². The van der Waals surface area contributed by atoms with Crippen molar-refractivity contribution < 1.29 is 15.1 Å². The molecule has 0 saturated heterocycles. The fourth-order valence-corrected chi connectivity index (χ4v) is 2.08. The maximum absolute atomic E-state index is 11.9. The van der Waals surface area contributed by atoms with Crippen LogP contribution in [0.3, 0.4) is 0 Å². The molecule has 0 aliphatic rings. The fraction of sp³-hybridized carbons (Fsp3) is 0.0833. The first-order chi connectivity index (χ1) is 9.10. The number of hydrogen-bond donors (Lipinski definition) is 3. The molecule has 0 bridgehead atoms. The van der Waals surface area contributed by atoms with Crippen LogP contribution < -0.4 is 5.32 Å². The summed E-state index contributed by atoms with van der Waals surface area (Å²) in [6, 6.07) is 5.90. The van der Waals surface area contributed by atoms with E-state index in [4.69, 9.17) is 10.3 Å². The Hall–Kier alpha value is -2.41. The van der Waals surface area contributed by atoms with Gasteiger partial charge < -0.3 is 10.3 Å². The van der Waals surface area contributed by atoms with Crippen LogP contribution in [0, 0.1) is 0 Å². The first kappa shape index (κ1) is 13.0. The lowest BCUT2D eigenvalue weighted by molar-refractivity contribution is 0.102. The smallest absolute Gasteiger partial charge is 0.257 e. The summed E-state index contributed by atoms with van der Waals surface area (Å²) in [6.45, 7) is 1.61. The van der Waals surface area contributed by atoms with Gasteiger partial charge in [-0.25, -0.2) is 4.98 Å². The minimum absolute atomic E-state index is 0.0999. The lowest BCUT2D eigenvalue weighted by Gasteiger charge is -2.01. The SMILES string of the molecule is CC(=NO)c1csc(NC(=O)c2ccc(O)cc2)n1. The van der Waals surface area contributed by atoms with Gasteiger partial charge in [-0.3, -0.25) is 10.1 Å². The van der Waals surface area contributed by atoms with Crippen LogP contribution in [0.15, 0.2) is 34.8 Å². The van der Waals surface area contributed by atoms with Gasteiger partial charge in [0.05, 0.1) is 0 Å². The first-order valence-corrected chi connectivity index (χ1v) is 6.23. The molecule has 19 heavy (non-hydrogen) atoms. The average Bonchev–Trinajstić information content (AvgIpc) is 2.87. The molecule has 0 spiro atoms. The number of oxime groups is 1. The molecule has 1 amide bonds. The lowest BCUT2D eigenvalue weighted by Crippen LogP contribution is -2.11. The van der Waals surface area contributed by atoms with Crippen molar-refractivity contribution in [1.29, 1.82) is 0 Å². The number of rotatable bonds is 3. The molecular formula is C12H11N3O3S. The van der Waals surface area contributed by atoms with Crippen LogP contribution in [0.25, 0.3) is 0 Å². The number of aromatic nitrogens is 1. The summed E-state index contributed by atoms with van der Waals surface area (Å²) in [6.07, 6.45) is 0. The minimum atomic E-state index is -0.320. The van der Waals surface area contributed by atoms with E-state index in [1.54, 1.807) is 12.3 Å². The van der Waals surface area contributed by atoms with Crippen LogP contribution in [0.4, 0.5) is 5.13 Å². The number of carbonyl (C=O) groups is 1. The fourth-order valence-electron chi connectivity index (χ4n) is 1.33. The second-order valence-electron chi connectivity index (χ2n) is 3.72. The molecule has 6 nitrogen and oxygen atoms in total. The van der Waals surface area contributed by atoms with Crippen LogP contribution in [-0.4, -0.2) is 26.9 Å². The molecule has 0 unspecified atom stereocenters. The zero-order valence-electron chi connectivity index (χ0n) is 9.99. The van der Waals surface area contributed by atoms with Gasteiger partial charge in [0.1, 0.15) is 17.2 Å². The van der Waals surface area contributed by atoms with Gasteiger partial charge in [-0.2, -0.15) is 0 Å². The Kier molecular flexibility index (Phi) is 3.76. The first-order valence-electron chi connectivity index (χ1n) is 5.35. The molecule has 3 N–H and O–H groups in total. The number of thiazole rings is 1. The van der Waals surface area contributed by atoms with Crippen molar-refractivity contribution in [3.05, 3.63) is 40.9 Å². The molecule has 0 saturated carbocycles. The summed E-state index contributed by atoms with van der Waals surface area (Å²) in [5.41, 5.74) is 1.30. The maximum Gasteiger partial charge on any atom is 0.257 e. The Labute approximate surface area is 113 Å². The van der Waals surface area contributed by atoms with E-state index in [2.05, 4.69) is 15.5 Å². The molecule has 0 aliphatic carbocycles. The van der Waals surface area contributed by atoms with Gasteiger partial charge in [0.15, 0.2) is 5.13 Å². The standard InChI is InChI=1S/C12H11N3O3S/c1-7(15-18)10-6-19-12(13-10)14-11(17)8-2-4-9(16)5-3-8/h2-6,16,18H,1H3,(H,13,14,17). The molecule has 2 aromatic rings. The molecule has 1 aromatic heterocycles. The Morgan fingerprint density at radius 3 is 2.68 bits per heavy atom. The summed E-state index contributed by atoms with van der Waals surface area (Å²) in [5, 5.41) is 25.5. The van der Waals surface area contributed by atoms with Gasteiger partial charge >= 0.3 is 0 Å². The normalized spacial score (nSPS) is 11.3. The molecule has 1 aromatic carbocycles. The van der Waals surface area contributed by atoms with Crippen molar-refractivity contribution in [1.82, 2.24) is 4.98 Å². The number of anilines is 1. The number of nitrogens with zero attached hydrogens (tertiary/aromatic N) is 2. The van der Waals surface area contributed by atoms with Crippen molar-refractivity contribution in [3.63, 3.8) is 0 Å². The summed E-state index contributed by atoms with van der Waals surface area (Å²) in [5.74, 6) is -0.220. The van der Waals surface area contributed by atoms with E-state index >= 15 is 0 Å². The molecule has 2 rings (SSSR count). The molecule has 1 heterocycles.